The minimum atomic E-state index is 0.468. The molecule has 0 fully saturated rings. The summed E-state index contributed by atoms with van der Waals surface area (Å²) < 4.78 is 5.68. The average molecular weight is 315 g/mol. The predicted octanol–water partition coefficient (Wildman–Crippen LogP) is 3.39. The molecule has 1 aliphatic rings. The van der Waals surface area contributed by atoms with E-state index in [9.17, 15) is 0 Å². The molecule has 0 heterocycles. The zero-order valence-corrected chi connectivity index (χ0v) is 14.3. The number of guanidine groups is 1. The zero-order valence-electron chi connectivity index (χ0n) is 14.3. The Bertz CT molecular complexity index is 517. The number of aliphatic imine (C=N–C) groups is 1. The van der Waals surface area contributed by atoms with Gasteiger partial charge < -0.3 is 15.4 Å². The Morgan fingerprint density at radius 1 is 1.17 bits per heavy atom. The Kier molecular flexibility index (Phi) is 7.67. The monoisotopic (exact) mass is 315 g/mol. The van der Waals surface area contributed by atoms with Crippen LogP contribution < -0.4 is 10.6 Å². The fourth-order valence-corrected chi connectivity index (χ4v) is 2.59. The van der Waals surface area contributed by atoms with Gasteiger partial charge in [0.05, 0.1) is 13.2 Å². The second-order valence-electron chi connectivity index (χ2n) is 5.80. The van der Waals surface area contributed by atoms with Crippen LogP contribution in [-0.4, -0.2) is 25.2 Å². The molecular formula is C19H29N3O. The molecule has 23 heavy (non-hydrogen) atoms. The van der Waals surface area contributed by atoms with Crippen molar-refractivity contribution in [2.75, 3.05) is 13.2 Å². The van der Waals surface area contributed by atoms with Crippen molar-refractivity contribution in [3.63, 3.8) is 0 Å². The topological polar surface area (TPSA) is 45.6 Å². The van der Waals surface area contributed by atoms with Crippen molar-refractivity contribution in [3.8, 4) is 0 Å². The van der Waals surface area contributed by atoms with Crippen LogP contribution in [0, 0.1) is 0 Å². The minimum absolute atomic E-state index is 0.468. The van der Waals surface area contributed by atoms with Gasteiger partial charge in [-0.25, -0.2) is 4.99 Å². The lowest BCUT2D eigenvalue weighted by Crippen LogP contribution is -2.42. The second-order valence-corrected chi connectivity index (χ2v) is 5.80. The lowest BCUT2D eigenvalue weighted by atomic mass is 10.1. The van der Waals surface area contributed by atoms with Gasteiger partial charge in [0.25, 0.3) is 0 Å². The smallest absolute Gasteiger partial charge is 0.191 e. The summed E-state index contributed by atoms with van der Waals surface area (Å²) in [5.74, 6) is 0.894. The summed E-state index contributed by atoms with van der Waals surface area (Å²) in [5.41, 5.74) is 2.45. The normalized spacial score (nSPS) is 15.1. The highest BCUT2D eigenvalue weighted by molar-refractivity contribution is 5.80. The molecule has 0 aromatic heterocycles. The highest BCUT2D eigenvalue weighted by Crippen LogP contribution is 2.12. The SMILES string of the molecule is CCCOCc1ccccc1CN=C(NCC)NC1CC=CC1. The van der Waals surface area contributed by atoms with Gasteiger partial charge in [0.15, 0.2) is 5.96 Å². The summed E-state index contributed by atoms with van der Waals surface area (Å²) in [6.45, 7) is 7.22. The number of rotatable bonds is 8. The maximum Gasteiger partial charge on any atom is 0.191 e. The molecule has 0 saturated heterocycles. The highest BCUT2D eigenvalue weighted by Gasteiger charge is 2.11. The third-order valence-corrected chi connectivity index (χ3v) is 3.82. The summed E-state index contributed by atoms with van der Waals surface area (Å²) in [6, 6.07) is 8.85. The standard InChI is InChI=1S/C19H29N3O/c1-3-13-23-15-17-10-6-5-9-16(17)14-21-19(20-4-2)22-18-11-7-8-12-18/h5-10,18H,3-4,11-15H2,1-2H3,(H2,20,21,22). The molecular weight excluding hydrogens is 286 g/mol. The number of hydrogen-bond acceptors (Lipinski definition) is 2. The van der Waals surface area contributed by atoms with E-state index in [0.717, 1.165) is 38.4 Å². The number of benzene rings is 1. The molecule has 1 aromatic rings. The minimum Gasteiger partial charge on any atom is -0.377 e. The second kappa shape index (κ2) is 10.1. The van der Waals surface area contributed by atoms with Crippen molar-refractivity contribution < 1.29 is 4.74 Å². The summed E-state index contributed by atoms with van der Waals surface area (Å²) in [6.07, 6.45) is 7.64. The molecule has 2 rings (SSSR count). The van der Waals surface area contributed by atoms with Crippen LogP contribution in [0.3, 0.4) is 0 Å². The lowest BCUT2D eigenvalue weighted by molar-refractivity contribution is 0.121. The molecule has 4 heteroatoms. The van der Waals surface area contributed by atoms with Gasteiger partial charge >= 0.3 is 0 Å². The number of ether oxygens (including phenoxy) is 1. The Morgan fingerprint density at radius 2 is 1.91 bits per heavy atom. The molecule has 2 N–H and O–H groups in total. The van der Waals surface area contributed by atoms with Crippen molar-refractivity contribution in [2.45, 2.75) is 52.3 Å². The summed E-state index contributed by atoms with van der Waals surface area (Å²) in [5, 5.41) is 6.84. The first kappa shape index (κ1) is 17.5. The molecule has 0 atom stereocenters. The maximum absolute atomic E-state index is 5.68. The van der Waals surface area contributed by atoms with Gasteiger partial charge in [0, 0.05) is 19.2 Å². The van der Waals surface area contributed by atoms with Gasteiger partial charge in [-0.1, -0.05) is 43.3 Å². The van der Waals surface area contributed by atoms with Crippen LogP contribution in [0.4, 0.5) is 0 Å². The van der Waals surface area contributed by atoms with E-state index in [2.05, 4.69) is 60.9 Å². The van der Waals surface area contributed by atoms with E-state index in [1.165, 1.54) is 11.1 Å². The van der Waals surface area contributed by atoms with Crippen LogP contribution in [-0.2, 0) is 17.9 Å². The van der Waals surface area contributed by atoms with E-state index in [-0.39, 0.29) is 0 Å². The Morgan fingerprint density at radius 3 is 2.61 bits per heavy atom. The summed E-state index contributed by atoms with van der Waals surface area (Å²) >= 11 is 0. The van der Waals surface area contributed by atoms with Crippen LogP contribution in [0.5, 0.6) is 0 Å². The van der Waals surface area contributed by atoms with Crippen molar-refractivity contribution >= 4 is 5.96 Å². The molecule has 0 saturated carbocycles. The molecule has 0 radical (unpaired) electrons. The first-order chi connectivity index (χ1) is 11.3. The van der Waals surface area contributed by atoms with Crippen molar-refractivity contribution in [3.05, 3.63) is 47.5 Å². The molecule has 126 valence electrons. The maximum atomic E-state index is 5.68. The predicted molar refractivity (Wildman–Crippen MR) is 96.5 cm³/mol. The first-order valence-electron chi connectivity index (χ1n) is 8.67. The van der Waals surface area contributed by atoms with Crippen molar-refractivity contribution in [1.29, 1.82) is 0 Å². The van der Waals surface area contributed by atoms with E-state index in [1.54, 1.807) is 0 Å². The third-order valence-electron chi connectivity index (χ3n) is 3.82. The fraction of sp³-hybridized carbons (Fsp3) is 0.526. The van der Waals surface area contributed by atoms with Crippen LogP contribution >= 0.6 is 0 Å². The highest BCUT2D eigenvalue weighted by atomic mass is 16.5. The molecule has 0 bridgehead atoms. The van der Waals surface area contributed by atoms with E-state index in [4.69, 9.17) is 9.73 Å². The quantitative estimate of drug-likeness (QED) is 0.334. The molecule has 0 spiro atoms. The molecule has 4 nitrogen and oxygen atoms in total. The van der Waals surface area contributed by atoms with Crippen LogP contribution in [0.25, 0.3) is 0 Å². The first-order valence-corrected chi connectivity index (χ1v) is 8.67. The molecule has 0 unspecified atom stereocenters. The van der Waals surface area contributed by atoms with Gasteiger partial charge in [-0.2, -0.15) is 0 Å². The van der Waals surface area contributed by atoms with E-state index in [0.29, 0.717) is 19.2 Å². The van der Waals surface area contributed by atoms with E-state index < -0.39 is 0 Å². The number of nitrogens with one attached hydrogen (secondary N) is 2. The van der Waals surface area contributed by atoms with Crippen molar-refractivity contribution in [1.82, 2.24) is 10.6 Å². The van der Waals surface area contributed by atoms with E-state index in [1.807, 2.05) is 0 Å². The van der Waals surface area contributed by atoms with Crippen LogP contribution in [0.2, 0.25) is 0 Å². The van der Waals surface area contributed by atoms with Gasteiger partial charge in [-0.05, 0) is 37.3 Å². The van der Waals surface area contributed by atoms with E-state index >= 15 is 0 Å². The number of nitrogens with zero attached hydrogens (tertiary/aromatic N) is 1. The third kappa shape index (κ3) is 6.06. The lowest BCUT2D eigenvalue weighted by Gasteiger charge is -2.17. The Balaban J connectivity index is 1.97. The molecule has 1 aliphatic carbocycles. The zero-order chi connectivity index (χ0) is 16.3. The molecule has 0 aliphatic heterocycles. The summed E-state index contributed by atoms with van der Waals surface area (Å²) in [7, 11) is 0. The fourth-order valence-electron chi connectivity index (χ4n) is 2.59. The van der Waals surface area contributed by atoms with Gasteiger partial charge in [-0.15, -0.1) is 0 Å². The van der Waals surface area contributed by atoms with Crippen LogP contribution in [0.15, 0.2) is 41.4 Å². The average Bonchev–Trinajstić information content (AvgIpc) is 3.07. The van der Waals surface area contributed by atoms with Crippen LogP contribution in [0.1, 0.15) is 44.2 Å². The van der Waals surface area contributed by atoms with Crippen molar-refractivity contribution in [2.24, 2.45) is 4.99 Å². The van der Waals surface area contributed by atoms with Gasteiger partial charge in [0.1, 0.15) is 0 Å². The Hall–Kier alpha value is -1.81. The van der Waals surface area contributed by atoms with Gasteiger partial charge in [0.2, 0.25) is 0 Å². The number of hydrogen-bond donors (Lipinski definition) is 2. The van der Waals surface area contributed by atoms with Gasteiger partial charge in [-0.3, -0.25) is 0 Å². The Labute approximate surface area is 140 Å². The molecule has 1 aromatic carbocycles. The summed E-state index contributed by atoms with van der Waals surface area (Å²) in [4.78, 5) is 4.75. The molecule has 0 amide bonds. The largest absolute Gasteiger partial charge is 0.377 e.